The molecule has 0 aliphatic rings. The lowest BCUT2D eigenvalue weighted by atomic mass is 10.2. The van der Waals surface area contributed by atoms with E-state index in [1.165, 1.54) is 18.0 Å². The molecule has 0 bridgehead atoms. The number of carbonyl (C=O) groups excluding carboxylic acids is 2. The lowest BCUT2D eigenvalue weighted by molar-refractivity contribution is -0.124. The van der Waals surface area contributed by atoms with Crippen molar-refractivity contribution in [2.75, 3.05) is 18.9 Å². The maximum Gasteiger partial charge on any atom is 0.359 e. The van der Waals surface area contributed by atoms with Crippen LogP contribution in [0.5, 0.6) is 0 Å². The van der Waals surface area contributed by atoms with E-state index < -0.39 is 5.97 Å². The minimum absolute atomic E-state index is 0.0864. The van der Waals surface area contributed by atoms with Crippen molar-refractivity contribution in [3.63, 3.8) is 0 Å². The quantitative estimate of drug-likeness (QED) is 0.470. The standard InChI is InChI=1S/C17H19N3O3S/c1-12-3-5-14(6-4-12)24-8-7-18-16(21)11-23-17(22)15-10-19-13(2)9-20-15/h3-6,9-10H,7-8,11H2,1-2H3,(H,18,21). The summed E-state index contributed by atoms with van der Waals surface area (Å²) >= 11 is 1.65. The van der Waals surface area contributed by atoms with Crippen molar-refractivity contribution in [3.8, 4) is 0 Å². The molecule has 0 aliphatic carbocycles. The first-order valence-electron chi connectivity index (χ1n) is 7.46. The molecule has 2 rings (SSSR count). The number of rotatable bonds is 7. The number of benzene rings is 1. The fraction of sp³-hybridized carbons (Fsp3) is 0.294. The van der Waals surface area contributed by atoms with Crippen molar-refractivity contribution in [2.45, 2.75) is 18.7 Å². The summed E-state index contributed by atoms with van der Waals surface area (Å²) in [5, 5.41) is 2.71. The first-order valence-corrected chi connectivity index (χ1v) is 8.45. The van der Waals surface area contributed by atoms with E-state index in [9.17, 15) is 9.59 Å². The Morgan fingerprint density at radius 3 is 2.54 bits per heavy atom. The molecular weight excluding hydrogens is 326 g/mol. The molecule has 0 saturated heterocycles. The van der Waals surface area contributed by atoms with Crippen molar-refractivity contribution >= 4 is 23.6 Å². The highest BCUT2D eigenvalue weighted by atomic mass is 32.2. The molecule has 0 aliphatic heterocycles. The monoisotopic (exact) mass is 345 g/mol. The smallest absolute Gasteiger partial charge is 0.359 e. The van der Waals surface area contributed by atoms with Gasteiger partial charge < -0.3 is 10.1 Å². The molecule has 7 heteroatoms. The lowest BCUT2D eigenvalue weighted by Gasteiger charge is -2.06. The topological polar surface area (TPSA) is 81.2 Å². The Bertz CT molecular complexity index is 687. The highest BCUT2D eigenvalue weighted by molar-refractivity contribution is 7.99. The molecule has 0 unspecified atom stereocenters. The lowest BCUT2D eigenvalue weighted by Crippen LogP contribution is -2.30. The van der Waals surface area contributed by atoms with Crippen LogP contribution in [0.15, 0.2) is 41.6 Å². The van der Waals surface area contributed by atoms with Crippen LogP contribution in [0.25, 0.3) is 0 Å². The Kier molecular flexibility index (Phi) is 6.74. The van der Waals surface area contributed by atoms with Gasteiger partial charge in [0.1, 0.15) is 0 Å². The predicted molar refractivity (Wildman–Crippen MR) is 92.0 cm³/mol. The van der Waals surface area contributed by atoms with E-state index in [1.807, 2.05) is 31.2 Å². The van der Waals surface area contributed by atoms with Gasteiger partial charge >= 0.3 is 5.97 Å². The Hall–Kier alpha value is -2.41. The number of amides is 1. The van der Waals surface area contributed by atoms with E-state index in [2.05, 4.69) is 15.3 Å². The third-order valence-corrected chi connectivity index (χ3v) is 4.05. The van der Waals surface area contributed by atoms with Gasteiger partial charge in [-0.2, -0.15) is 0 Å². The van der Waals surface area contributed by atoms with Crippen LogP contribution in [-0.4, -0.2) is 40.7 Å². The zero-order valence-electron chi connectivity index (χ0n) is 13.6. The molecule has 0 spiro atoms. The Morgan fingerprint density at radius 2 is 1.88 bits per heavy atom. The van der Waals surface area contributed by atoms with Crippen LogP contribution >= 0.6 is 11.8 Å². The zero-order valence-corrected chi connectivity index (χ0v) is 14.4. The van der Waals surface area contributed by atoms with E-state index in [0.717, 1.165) is 10.6 Å². The minimum atomic E-state index is -0.660. The molecule has 0 saturated carbocycles. The summed E-state index contributed by atoms with van der Waals surface area (Å²) < 4.78 is 4.90. The Labute approximate surface area is 145 Å². The average molecular weight is 345 g/mol. The van der Waals surface area contributed by atoms with Gasteiger partial charge in [-0.05, 0) is 26.0 Å². The number of nitrogens with zero attached hydrogens (tertiary/aromatic N) is 2. The molecule has 0 radical (unpaired) electrons. The van der Waals surface area contributed by atoms with E-state index in [4.69, 9.17) is 4.74 Å². The number of aromatic nitrogens is 2. The summed E-state index contributed by atoms with van der Waals surface area (Å²) in [6, 6.07) is 8.20. The van der Waals surface area contributed by atoms with Crippen LogP contribution in [-0.2, 0) is 9.53 Å². The largest absolute Gasteiger partial charge is 0.451 e. The number of thioether (sulfide) groups is 1. The highest BCUT2D eigenvalue weighted by Crippen LogP contribution is 2.17. The summed E-state index contributed by atoms with van der Waals surface area (Å²) in [4.78, 5) is 32.4. The van der Waals surface area contributed by atoms with Crippen LogP contribution in [0, 0.1) is 13.8 Å². The van der Waals surface area contributed by atoms with E-state index >= 15 is 0 Å². The van der Waals surface area contributed by atoms with Gasteiger partial charge in [0.05, 0.1) is 11.9 Å². The van der Waals surface area contributed by atoms with Crippen LogP contribution < -0.4 is 5.32 Å². The molecular formula is C17H19N3O3S. The second kappa shape index (κ2) is 9.02. The average Bonchev–Trinajstić information content (AvgIpc) is 2.59. The molecule has 6 nitrogen and oxygen atoms in total. The number of nitrogens with one attached hydrogen (secondary N) is 1. The Morgan fingerprint density at radius 1 is 1.12 bits per heavy atom. The number of carbonyl (C=O) groups is 2. The second-order valence-electron chi connectivity index (χ2n) is 5.13. The van der Waals surface area contributed by atoms with Crippen LogP contribution in [0.2, 0.25) is 0 Å². The fourth-order valence-corrected chi connectivity index (χ4v) is 2.52. The Balaban J connectivity index is 1.63. The number of hydrogen-bond donors (Lipinski definition) is 1. The molecule has 126 valence electrons. The van der Waals surface area contributed by atoms with Crippen molar-refractivity contribution in [1.29, 1.82) is 0 Å². The van der Waals surface area contributed by atoms with Crippen molar-refractivity contribution in [3.05, 3.63) is 53.6 Å². The van der Waals surface area contributed by atoms with Gasteiger partial charge in [0.15, 0.2) is 12.3 Å². The van der Waals surface area contributed by atoms with Gasteiger partial charge in [0.2, 0.25) is 0 Å². The van der Waals surface area contributed by atoms with Crippen LogP contribution in [0.1, 0.15) is 21.7 Å². The third-order valence-electron chi connectivity index (χ3n) is 3.04. The molecule has 2 aromatic rings. The van der Waals surface area contributed by atoms with Gasteiger partial charge in [-0.15, -0.1) is 11.8 Å². The SMILES string of the molecule is Cc1ccc(SCCNC(=O)COC(=O)c2cnc(C)cn2)cc1. The van der Waals surface area contributed by atoms with Gasteiger partial charge in [-0.25, -0.2) is 9.78 Å². The van der Waals surface area contributed by atoms with Gasteiger partial charge in [0.25, 0.3) is 5.91 Å². The molecule has 1 N–H and O–H groups in total. The first kappa shape index (κ1) is 17.9. The molecule has 1 aromatic carbocycles. The normalized spacial score (nSPS) is 10.2. The summed E-state index contributed by atoms with van der Waals surface area (Å²) in [6.07, 6.45) is 2.80. The van der Waals surface area contributed by atoms with E-state index in [0.29, 0.717) is 12.2 Å². The molecule has 0 fully saturated rings. The molecule has 1 aromatic heterocycles. The van der Waals surface area contributed by atoms with Gasteiger partial charge in [-0.3, -0.25) is 9.78 Å². The second-order valence-corrected chi connectivity index (χ2v) is 6.30. The number of esters is 1. The van der Waals surface area contributed by atoms with Crippen molar-refractivity contribution < 1.29 is 14.3 Å². The molecule has 1 heterocycles. The summed E-state index contributed by atoms with van der Waals surface area (Å²) in [7, 11) is 0. The summed E-state index contributed by atoms with van der Waals surface area (Å²) in [5.41, 5.74) is 2.01. The maximum atomic E-state index is 11.7. The molecule has 1 amide bonds. The summed E-state index contributed by atoms with van der Waals surface area (Å²) in [5.74, 6) is -0.258. The molecule has 24 heavy (non-hydrogen) atoms. The van der Waals surface area contributed by atoms with Crippen molar-refractivity contribution in [1.82, 2.24) is 15.3 Å². The van der Waals surface area contributed by atoms with Crippen molar-refractivity contribution in [2.24, 2.45) is 0 Å². The van der Waals surface area contributed by atoms with E-state index in [-0.39, 0.29) is 18.2 Å². The first-order chi connectivity index (χ1) is 11.5. The fourth-order valence-electron chi connectivity index (χ4n) is 1.75. The highest BCUT2D eigenvalue weighted by Gasteiger charge is 2.11. The maximum absolute atomic E-state index is 11.7. The van der Waals surface area contributed by atoms with Gasteiger partial charge in [-0.1, -0.05) is 17.7 Å². The predicted octanol–water partition coefficient (Wildman–Crippen LogP) is 2.16. The number of hydrogen-bond acceptors (Lipinski definition) is 6. The summed E-state index contributed by atoms with van der Waals surface area (Å²) in [6.45, 7) is 3.98. The van der Waals surface area contributed by atoms with Crippen LogP contribution in [0.3, 0.4) is 0 Å². The minimum Gasteiger partial charge on any atom is -0.451 e. The zero-order chi connectivity index (χ0) is 17.4. The molecule has 0 atom stereocenters. The van der Waals surface area contributed by atoms with Crippen LogP contribution in [0.4, 0.5) is 0 Å². The number of aryl methyl sites for hydroxylation is 2. The number of ether oxygens (including phenoxy) is 1. The van der Waals surface area contributed by atoms with Gasteiger partial charge in [0, 0.05) is 23.4 Å². The third kappa shape index (κ3) is 6.00. The van der Waals surface area contributed by atoms with E-state index in [1.54, 1.807) is 18.7 Å².